The van der Waals surface area contributed by atoms with Crippen LogP contribution in [0.15, 0.2) is 49.1 Å². The van der Waals surface area contributed by atoms with Crippen LogP contribution >= 0.6 is 0 Å². The SMILES string of the molecule is CC(C)CC(=O)Nc1cncc(-c2cc3c(-c4cc5c(N6CCN(S(C)(=O)=O)CC6)ccnc5[nH]4)n[nH]c3cn2)c1. The Balaban J connectivity index is 1.31. The maximum atomic E-state index is 12.3. The molecule has 0 bridgehead atoms. The van der Waals surface area contributed by atoms with Crippen LogP contribution in [0, 0.1) is 5.92 Å². The third-order valence-corrected chi connectivity index (χ3v) is 8.47. The lowest BCUT2D eigenvalue weighted by atomic mass is 10.1. The van der Waals surface area contributed by atoms with E-state index < -0.39 is 10.0 Å². The van der Waals surface area contributed by atoms with Gasteiger partial charge in [0.1, 0.15) is 11.3 Å². The average Bonchev–Trinajstić information content (AvgIpc) is 3.56. The van der Waals surface area contributed by atoms with Crippen LogP contribution in [0.1, 0.15) is 20.3 Å². The third kappa shape index (κ3) is 5.50. The molecule has 1 saturated heterocycles. The number of fused-ring (bicyclic) bond motifs is 2. The van der Waals surface area contributed by atoms with Crippen LogP contribution < -0.4 is 10.2 Å². The highest BCUT2D eigenvalue weighted by Crippen LogP contribution is 2.34. The summed E-state index contributed by atoms with van der Waals surface area (Å²) in [5, 5.41) is 12.4. The zero-order valence-electron chi connectivity index (χ0n) is 23.0. The molecule has 0 aliphatic carbocycles. The van der Waals surface area contributed by atoms with Gasteiger partial charge in [0.05, 0.1) is 41.2 Å². The Morgan fingerprint density at radius 3 is 2.61 bits per heavy atom. The molecule has 0 radical (unpaired) electrons. The number of hydrogen-bond acceptors (Lipinski definition) is 8. The second-order valence-corrected chi connectivity index (χ2v) is 12.7. The van der Waals surface area contributed by atoms with Gasteiger partial charge in [0, 0.05) is 67.0 Å². The zero-order valence-corrected chi connectivity index (χ0v) is 23.9. The number of anilines is 2. The van der Waals surface area contributed by atoms with Gasteiger partial charge in [0.15, 0.2) is 0 Å². The average molecular weight is 574 g/mol. The number of aromatic nitrogens is 6. The lowest BCUT2D eigenvalue weighted by Gasteiger charge is -2.34. The van der Waals surface area contributed by atoms with Crippen molar-refractivity contribution in [3.8, 4) is 22.6 Å². The van der Waals surface area contributed by atoms with Gasteiger partial charge in [0.2, 0.25) is 15.9 Å². The Hall–Kier alpha value is -4.36. The minimum absolute atomic E-state index is 0.0523. The highest BCUT2D eigenvalue weighted by Gasteiger charge is 2.25. The van der Waals surface area contributed by atoms with Crippen molar-refractivity contribution in [3.63, 3.8) is 0 Å². The molecule has 1 aliphatic heterocycles. The Bertz CT molecular complexity index is 1850. The normalized spacial score (nSPS) is 14.8. The smallest absolute Gasteiger partial charge is 0.224 e. The molecule has 6 rings (SSSR count). The van der Waals surface area contributed by atoms with Gasteiger partial charge in [-0.3, -0.25) is 19.9 Å². The number of pyridine rings is 3. The van der Waals surface area contributed by atoms with E-state index in [0.29, 0.717) is 44.0 Å². The molecule has 0 aromatic carbocycles. The number of sulfonamides is 1. The molecule has 6 heterocycles. The van der Waals surface area contributed by atoms with E-state index >= 15 is 0 Å². The second kappa shape index (κ2) is 10.6. The summed E-state index contributed by atoms with van der Waals surface area (Å²) < 4.78 is 25.4. The fourth-order valence-corrected chi connectivity index (χ4v) is 6.01. The standard InChI is InChI=1S/C28H31N9O3S/c1-17(2)10-26(38)32-19-11-18(14-29-15-19)22-12-20-24(16-31-22)34-35-27(20)23-13-21-25(4-5-30-28(21)33-23)36-6-8-37(9-7-36)41(3,39)40/h4-5,11-17H,6-10H2,1-3H3,(H,30,33)(H,32,38)(H,34,35). The molecule has 0 atom stereocenters. The van der Waals surface area contributed by atoms with Crippen LogP contribution in [0.25, 0.3) is 44.6 Å². The summed E-state index contributed by atoms with van der Waals surface area (Å²) in [5.41, 5.74) is 6.12. The molecular weight excluding hydrogens is 542 g/mol. The van der Waals surface area contributed by atoms with Gasteiger partial charge in [-0.25, -0.2) is 13.4 Å². The van der Waals surface area contributed by atoms with Gasteiger partial charge in [-0.1, -0.05) is 13.8 Å². The summed E-state index contributed by atoms with van der Waals surface area (Å²) >= 11 is 0. The molecule has 5 aromatic rings. The number of aromatic amines is 2. The van der Waals surface area contributed by atoms with Crippen LogP contribution in [0.3, 0.4) is 0 Å². The predicted octanol–water partition coefficient (Wildman–Crippen LogP) is 3.63. The van der Waals surface area contributed by atoms with Crippen LogP contribution in [0.5, 0.6) is 0 Å². The summed E-state index contributed by atoms with van der Waals surface area (Å²) in [7, 11) is -3.21. The molecule has 13 heteroatoms. The highest BCUT2D eigenvalue weighted by atomic mass is 32.2. The molecule has 5 aromatic heterocycles. The summed E-state index contributed by atoms with van der Waals surface area (Å²) in [6.07, 6.45) is 8.52. The number of nitrogens with one attached hydrogen (secondary N) is 3. The van der Waals surface area contributed by atoms with Gasteiger partial charge in [-0.05, 0) is 30.2 Å². The lowest BCUT2D eigenvalue weighted by Crippen LogP contribution is -2.48. The molecule has 1 fully saturated rings. The largest absolute Gasteiger partial charge is 0.368 e. The van der Waals surface area contributed by atoms with E-state index in [4.69, 9.17) is 0 Å². The zero-order chi connectivity index (χ0) is 28.7. The van der Waals surface area contributed by atoms with Crippen LogP contribution in [-0.4, -0.2) is 81.2 Å². The van der Waals surface area contributed by atoms with Crippen molar-refractivity contribution in [2.45, 2.75) is 20.3 Å². The van der Waals surface area contributed by atoms with Crippen molar-refractivity contribution < 1.29 is 13.2 Å². The summed E-state index contributed by atoms with van der Waals surface area (Å²) in [5.74, 6) is 0.208. The van der Waals surface area contributed by atoms with Crippen molar-refractivity contribution in [1.29, 1.82) is 0 Å². The molecule has 12 nitrogen and oxygen atoms in total. The molecular formula is C28H31N9O3S. The molecule has 1 aliphatic rings. The van der Waals surface area contributed by atoms with E-state index in [0.717, 1.165) is 44.6 Å². The first-order valence-electron chi connectivity index (χ1n) is 13.4. The number of amides is 1. The maximum absolute atomic E-state index is 12.3. The van der Waals surface area contributed by atoms with Crippen LogP contribution in [-0.2, 0) is 14.8 Å². The van der Waals surface area contributed by atoms with Gasteiger partial charge in [-0.2, -0.15) is 9.40 Å². The first-order valence-corrected chi connectivity index (χ1v) is 15.3. The number of hydrogen-bond donors (Lipinski definition) is 3. The van der Waals surface area contributed by atoms with Gasteiger partial charge in [-0.15, -0.1) is 0 Å². The highest BCUT2D eigenvalue weighted by molar-refractivity contribution is 7.88. The quantitative estimate of drug-likeness (QED) is 0.267. The first kappa shape index (κ1) is 26.8. The van der Waals surface area contributed by atoms with Crippen molar-refractivity contribution in [3.05, 3.63) is 49.1 Å². The number of piperazine rings is 1. The monoisotopic (exact) mass is 573 g/mol. The van der Waals surface area contributed by atoms with Crippen molar-refractivity contribution in [1.82, 2.24) is 34.4 Å². The van der Waals surface area contributed by atoms with Crippen molar-refractivity contribution in [2.24, 2.45) is 5.92 Å². The van der Waals surface area contributed by atoms with E-state index in [1.807, 2.05) is 38.1 Å². The maximum Gasteiger partial charge on any atom is 0.224 e. The molecule has 212 valence electrons. The number of carbonyl (C=O) groups excluding carboxylic acids is 1. The van der Waals surface area contributed by atoms with E-state index in [2.05, 4.69) is 40.3 Å². The summed E-state index contributed by atoms with van der Waals surface area (Å²) in [6.45, 7) is 6.08. The number of H-pyrrole nitrogens is 2. The number of rotatable bonds is 7. The minimum atomic E-state index is -3.21. The molecule has 0 saturated carbocycles. The van der Waals surface area contributed by atoms with E-state index in [9.17, 15) is 13.2 Å². The van der Waals surface area contributed by atoms with Gasteiger partial charge in [0.25, 0.3) is 0 Å². The van der Waals surface area contributed by atoms with E-state index in [-0.39, 0.29) is 11.8 Å². The second-order valence-electron chi connectivity index (χ2n) is 10.7. The Labute approximate surface area is 237 Å². The van der Waals surface area contributed by atoms with Crippen molar-refractivity contribution in [2.75, 3.05) is 42.7 Å². The molecule has 0 unspecified atom stereocenters. The third-order valence-electron chi connectivity index (χ3n) is 7.17. The predicted molar refractivity (Wildman–Crippen MR) is 159 cm³/mol. The topological polar surface area (TPSA) is 153 Å². The molecule has 1 amide bonds. The first-order chi connectivity index (χ1) is 19.7. The molecule has 3 N–H and O–H groups in total. The minimum Gasteiger partial charge on any atom is -0.368 e. The summed E-state index contributed by atoms with van der Waals surface area (Å²) in [4.78, 5) is 31.3. The lowest BCUT2D eigenvalue weighted by molar-refractivity contribution is -0.116. The number of carbonyl (C=O) groups is 1. The van der Waals surface area contributed by atoms with E-state index in [1.54, 1.807) is 24.8 Å². The number of nitrogens with zero attached hydrogens (tertiary/aromatic N) is 6. The van der Waals surface area contributed by atoms with Gasteiger partial charge >= 0.3 is 0 Å². The molecule has 0 spiro atoms. The fourth-order valence-electron chi connectivity index (χ4n) is 5.19. The Kier molecular flexibility index (Phi) is 6.91. The summed E-state index contributed by atoms with van der Waals surface area (Å²) in [6, 6.07) is 7.81. The van der Waals surface area contributed by atoms with Crippen LogP contribution in [0.4, 0.5) is 11.4 Å². The Morgan fingerprint density at radius 2 is 1.85 bits per heavy atom. The molecule has 41 heavy (non-hydrogen) atoms. The fraction of sp³-hybridized carbons (Fsp3) is 0.321. The Morgan fingerprint density at radius 1 is 1.05 bits per heavy atom. The van der Waals surface area contributed by atoms with Gasteiger partial charge < -0.3 is 15.2 Å². The van der Waals surface area contributed by atoms with Crippen LogP contribution in [0.2, 0.25) is 0 Å². The van der Waals surface area contributed by atoms with Crippen molar-refractivity contribution >= 4 is 49.2 Å². The van der Waals surface area contributed by atoms with E-state index in [1.165, 1.54) is 10.6 Å².